The molecule has 0 radical (unpaired) electrons. The lowest BCUT2D eigenvalue weighted by Crippen LogP contribution is -2.70. The first-order chi connectivity index (χ1) is 18.6. The van der Waals surface area contributed by atoms with Crippen LogP contribution in [-0.2, 0) is 10.2 Å². The molecule has 5 heterocycles. The molecule has 2 atom stereocenters. The predicted molar refractivity (Wildman–Crippen MR) is 131 cm³/mol. The van der Waals surface area contributed by atoms with Crippen molar-refractivity contribution < 1.29 is 22.3 Å². The third-order valence-electron chi connectivity index (χ3n) is 8.71. The van der Waals surface area contributed by atoms with Gasteiger partial charge in [0.25, 0.3) is 5.56 Å². The fourth-order valence-corrected chi connectivity index (χ4v) is 6.48. The van der Waals surface area contributed by atoms with Gasteiger partial charge in [-0.1, -0.05) is 0 Å². The Morgan fingerprint density at radius 1 is 1.05 bits per heavy atom. The Morgan fingerprint density at radius 2 is 1.82 bits per heavy atom. The van der Waals surface area contributed by atoms with E-state index in [2.05, 4.69) is 15.0 Å². The van der Waals surface area contributed by atoms with E-state index in [1.807, 2.05) is 13.8 Å². The summed E-state index contributed by atoms with van der Waals surface area (Å²) in [7, 11) is 0. The topological polar surface area (TPSA) is 109 Å². The monoisotopic (exact) mass is 538 g/mol. The molecule has 9 nitrogen and oxygen atoms in total. The normalized spacial score (nSPS) is 28.2. The molecule has 0 spiro atoms. The predicted octanol–water partition coefficient (Wildman–Crippen LogP) is 4.79. The molecule has 202 valence electrons. The van der Waals surface area contributed by atoms with Crippen molar-refractivity contribution in [2.45, 2.75) is 69.6 Å². The molecule has 8 rings (SSSR count). The van der Waals surface area contributed by atoms with E-state index in [0.29, 0.717) is 53.7 Å². The Hall–Kier alpha value is -3.67. The molecule has 4 aliphatic rings. The fourth-order valence-electron chi connectivity index (χ4n) is 6.48. The zero-order chi connectivity index (χ0) is 27.2. The molecule has 2 bridgehead atoms. The summed E-state index contributed by atoms with van der Waals surface area (Å²) in [6.07, 6.45) is 1.13. The van der Waals surface area contributed by atoms with Crippen LogP contribution in [0.2, 0.25) is 0 Å². The lowest BCUT2D eigenvalue weighted by Gasteiger charge is -2.70. The minimum absolute atomic E-state index is 0.0310. The Bertz CT molecular complexity index is 1650. The summed E-state index contributed by atoms with van der Waals surface area (Å²) in [5.74, 6) is 0.749. The third-order valence-corrected chi connectivity index (χ3v) is 8.71. The molecule has 1 saturated heterocycles. The van der Waals surface area contributed by atoms with Crippen LogP contribution in [0.1, 0.15) is 72.6 Å². The van der Waals surface area contributed by atoms with E-state index in [-0.39, 0.29) is 36.8 Å². The average molecular weight is 539 g/mol. The molecule has 12 heteroatoms. The van der Waals surface area contributed by atoms with Gasteiger partial charge in [0, 0.05) is 30.2 Å². The number of halogens is 3. The lowest BCUT2D eigenvalue weighted by atomic mass is 9.34. The summed E-state index contributed by atoms with van der Waals surface area (Å²) in [6.45, 7) is 4.12. The first-order valence-corrected chi connectivity index (χ1v) is 12.9. The van der Waals surface area contributed by atoms with E-state index in [1.165, 1.54) is 23.2 Å². The summed E-state index contributed by atoms with van der Waals surface area (Å²) in [4.78, 5) is 35.3. The molecule has 0 N–H and O–H groups in total. The van der Waals surface area contributed by atoms with Crippen LogP contribution < -0.4 is 5.56 Å². The highest BCUT2D eigenvalue weighted by Crippen LogP contribution is 2.78. The molecule has 0 aromatic carbocycles. The van der Waals surface area contributed by atoms with Crippen LogP contribution in [0.25, 0.3) is 17.0 Å². The standard InChI is InChI=1S/C27H25F3N6O3/c1-14-15(2)33-24-21(32-14)22(25-10-26(11-25,12-25)27(28,29)30)34-23(35-24)16-5-6-38-18(7-16)17-3-4-19(37)36(9-17)20-8-31-13-39-20/h3-4,8-9,13,16,18H,5-7,10-12H2,1-2H3/t16-,18+,25?,26?/m0/s1. The summed E-state index contributed by atoms with van der Waals surface area (Å²) >= 11 is 0. The van der Waals surface area contributed by atoms with Crippen molar-refractivity contribution in [2.75, 3.05) is 6.61 Å². The van der Waals surface area contributed by atoms with Crippen LogP contribution >= 0.6 is 0 Å². The second kappa shape index (κ2) is 8.17. The first-order valence-electron chi connectivity index (χ1n) is 12.9. The number of pyridine rings is 1. The van der Waals surface area contributed by atoms with Gasteiger partial charge in [-0.15, -0.1) is 0 Å². The SMILES string of the molecule is Cc1nc2nc([C@H]3CCO[C@@H](c4ccc(=O)n(-c5cnco5)c4)C3)nc(C34CC(C(F)(F)F)(C3)C4)c2nc1C. The van der Waals surface area contributed by atoms with Gasteiger partial charge in [-0.2, -0.15) is 13.2 Å². The minimum Gasteiger partial charge on any atom is -0.427 e. The number of rotatable bonds is 4. The van der Waals surface area contributed by atoms with Gasteiger partial charge in [0.15, 0.2) is 12.0 Å². The second-order valence-electron chi connectivity index (χ2n) is 11.2. The number of alkyl halides is 3. The third kappa shape index (κ3) is 3.64. The molecule has 0 unspecified atom stereocenters. The maximum absolute atomic E-state index is 13.7. The van der Waals surface area contributed by atoms with Crippen LogP contribution in [0, 0.1) is 19.3 Å². The van der Waals surface area contributed by atoms with Crippen LogP contribution in [0.4, 0.5) is 13.2 Å². The van der Waals surface area contributed by atoms with E-state index >= 15 is 0 Å². The Labute approximate surface area is 220 Å². The van der Waals surface area contributed by atoms with Gasteiger partial charge in [0.05, 0.1) is 34.8 Å². The van der Waals surface area contributed by atoms with Crippen molar-refractivity contribution in [3.63, 3.8) is 0 Å². The highest BCUT2D eigenvalue weighted by molar-refractivity contribution is 5.75. The van der Waals surface area contributed by atoms with Gasteiger partial charge >= 0.3 is 6.18 Å². The number of oxazole rings is 1. The molecule has 1 aliphatic heterocycles. The number of nitrogens with zero attached hydrogens (tertiary/aromatic N) is 6. The van der Waals surface area contributed by atoms with E-state index in [0.717, 1.165) is 11.3 Å². The van der Waals surface area contributed by atoms with Crippen LogP contribution in [0.5, 0.6) is 0 Å². The zero-order valence-electron chi connectivity index (χ0n) is 21.3. The van der Waals surface area contributed by atoms with Crippen molar-refractivity contribution in [2.24, 2.45) is 5.41 Å². The van der Waals surface area contributed by atoms with Crippen molar-refractivity contribution in [3.8, 4) is 5.88 Å². The summed E-state index contributed by atoms with van der Waals surface area (Å²) in [6, 6.07) is 3.18. The number of aryl methyl sites for hydroxylation is 2. The zero-order valence-corrected chi connectivity index (χ0v) is 21.3. The quantitative estimate of drug-likeness (QED) is 0.365. The lowest BCUT2D eigenvalue weighted by molar-refractivity contribution is -0.337. The molecular formula is C27H25F3N6O3. The van der Waals surface area contributed by atoms with Crippen molar-refractivity contribution in [1.29, 1.82) is 0 Å². The van der Waals surface area contributed by atoms with Gasteiger partial charge in [0.2, 0.25) is 5.88 Å². The summed E-state index contributed by atoms with van der Waals surface area (Å²) in [5, 5.41) is 0. The van der Waals surface area contributed by atoms with Crippen LogP contribution in [-0.4, -0.2) is 42.3 Å². The van der Waals surface area contributed by atoms with Crippen molar-refractivity contribution in [1.82, 2.24) is 29.5 Å². The summed E-state index contributed by atoms with van der Waals surface area (Å²) in [5.41, 5.74) is 1.23. The molecule has 3 aliphatic carbocycles. The molecule has 3 saturated carbocycles. The van der Waals surface area contributed by atoms with Crippen LogP contribution in [0.15, 0.2) is 40.1 Å². The minimum atomic E-state index is -4.21. The molecule has 4 fully saturated rings. The highest BCUT2D eigenvalue weighted by atomic mass is 19.4. The Kier molecular flexibility index (Phi) is 5.11. The highest BCUT2D eigenvalue weighted by Gasteiger charge is 2.79. The van der Waals surface area contributed by atoms with Gasteiger partial charge in [-0.05, 0) is 57.6 Å². The smallest absolute Gasteiger partial charge is 0.394 e. The van der Waals surface area contributed by atoms with E-state index in [9.17, 15) is 18.0 Å². The number of ether oxygens (including phenoxy) is 1. The van der Waals surface area contributed by atoms with Crippen molar-refractivity contribution >= 4 is 11.2 Å². The van der Waals surface area contributed by atoms with Crippen LogP contribution in [0.3, 0.4) is 0 Å². The van der Waals surface area contributed by atoms with Gasteiger partial charge < -0.3 is 9.15 Å². The van der Waals surface area contributed by atoms with Gasteiger partial charge in [0.1, 0.15) is 11.3 Å². The van der Waals surface area contributed by atoms with Gasteiger partial charge in [-0.25, -0.2) is 24.9 Å². The fraction of sp³-hybridized carbons (Fsp3) is 0.481. The number of hydrogen-bond donors (Lipinski definition) is 0. The van der Waals surface area contributed by atoms with Crippen molar-refractivity contribution in [3.05, 3.63) is 69.7 Å². The average Bonchev–Trinajstić information content (AvgIpc) is 3.37. The molecule has 4 aromatic rings. The molecular weight excluding hydrogens is 513 g/mol. The Balaban J connectivity index is 1.24. The van der Waals surface area contributed by atoms with E-state index < -0.39 is 17.0 Å². The molecule has 0 amide bonds. The number of hydrogen-bond acceptors (Lipinski definition) is 8. The maximum atomic E-state index is 13.7. The van der Waals surface area contributed by atoms with E-state index in [1.54, 1.807) is 12.3 Å². The second-order valence-corrected chi connectivity index (χ2v) is 11.2. The Morgan fingerprint density at radius 3 is 2.54 bits per heavy atom. The summed E-state index contributed by atoms with van der Waals surface area (Å²) < 4.78 is 53.7. The maximum Gasteiger partial charge on any atom is 0.394 e. The first kappa shape index (κ1) is 24.4. The number of fused-ring (bicyclic) bond motifs is 1. The molecule has 4 aromatic heterocycles. The number of aromatic nitrogens is 6. The van der Waals surface area contributed by atoms with Gasteiger partial charge in [-0.3, -0.25) is 9.36 Å². The molecule has 39 heavy (non-hydrogen) atoms. The van der Waals surface area contributed by atoms with E-state index in [4.69, 9.17) is 19.1 Å². The largest absolute Gasteiger partial charge is 0.427 e.